The highest BCUT2D eigenvalue weighted by Crippen LogP contribution is 2.35. The van der Waals surface area contributed by atoms with E-state index in [1.807, 2.05) is 49.4 Å². The van der Waals surface area contributed by atoms with Crippen LogP contribution in [0.2, 0.25) is 0 Å². The predicted octanol–water partition coefficient (Wildman–Crippen LogP) is 4.93. The van der Waals surface area contributed by atoms with Crippen LogP contribution in [0, 0.1) is 10.9 Å². The second kappa shape index (κ2) is 6.94. The number of nitrogens with one attached hydrogen (secondary N) is 1. The monoisotopic (exact) mass is 393 g/mol. The molecule has 0 bridgehead atoms. The number of fused-ring (bicyclic) bond motifs is 1. The molecule has 4 rings (SSSR count). The molecule has 0 atom stereocenters. The van der Waals surface area contributed by atoms with Gasteiger partial charge in [0, 0.05) is 22.9 Å². The van der Waals surface area contributed by atoms with Crippen LogP contribution in [0.3, 0.4) is 0 Å². The summed E-state index contributed by atoms with van der Waals surface area (Å²) in [6.45, 7) is 1.86. The van der Waals surface area contributed by atoms with Gasteiger partial charge in [0.2, 0.25) is 5.88 Å². The molecule has 1 aliphatic heterocycles. The van der Waals surface area contributed by atoms with Crippen molar-refractivity contribution >= 4 is 53.0 Å². The second-order valence-electron chi connectivity index (χ2n) is 6.02. The van der Waals surface area contributed by atoms with Crippen molar-refractivity contribution in [2.45, 2.75) is 6.92 Å². The van der Waals surface area contributed by atoms with E-state index >= 15 is 0 Å². The first-order chi connectivity index (χ1) is 13.0. The topological polar surface area (TPSA) is 66.6 Å². The molecular formula is C20H15N3O2S2. The normalized spacial score (nSPS) is 13.7. The fraction of sp³-hybridized carbons (Fsp3) is 0.0500. The average Bonchev–Trinajstić information content (AvgIpc) is 3.19. The Morgan fingerprint density at radius 1 is 1.22 bits per heavy atom. The molecule has 3 aromatic rings. The summed E-state index contributed by atoms with van der Waals surface area (Å²) in [5.41, 5.74) is 6.81. The van der Waals surface area contributed by atoms with Crippen molar-refractivity contribution in [1.29, 1.82) is 0 Å². The summed E-state index contributed by atoms with van der Waals surface area (Å²) in [6.07, 6.45) is 3.57. The summed E-state index contributed by atoms with van der Waals surface area (Å²) >= 11 is 6.54. The number of nitrogens with zero attached hydrogens (tertiary/aromatic N) is 2. The van der Waals surface area contributed by atoms with E-state index in [1.54, 1.807) is 18.3 Å². The van der Waals surface area contributed by atoms with Gasteiger partial charge in [-0.25, -0.2) is 0 Å². The van der Waals surface area contributed by atoms with E-state index in [1.165, 1.54) is 16.0 Å². The van der Waals surface area contributed by atoms with Crippen molar-refractivity contribution in [2.75, 3.05) is 5.43 Å². The van der Waals surface area contributed by atoms with Crippen LogP contribution < -0.4 is 5.43 Å². The van der Waals surface area contributed by atoms with Gasteiger partial charge in [-0.15, -0.1) is 0 Å². The molecule has 134 valence electrons. The summed E-state index contributed by atoms with van der Waals surface area (Å²) < 4.78 is 1.59. The Labute approximate surface area is 164 Å². The van der Waals surface area contributed by atoms with Gasteiger partial charge in [0.25, 0.3) is 5.91 Å². The minimum absolute atomic E-state index is 0.0998. The number of aromatic hydroxyl groups is 1. The van der Waals surface area contributed by atoms with Crippen LogP contribution in [0.1, 0.15) is 26.4 Å². The highest BCUT2D eigenvalue weighted by atomic mass is 32.1. The quantitative estimate of drug-likeness (QED) is 0.620. The van der Waals surface area contributed by atoms with Gasteiger partial charge in [0.05, 0.1) is 10.6 Å². The maximum Gasteiger partial charge on any atom is 0.270 e. The molecule has 27 heavy (non-hydrogen) atoms. The SMILES string of the molecule is Cc1ccccc1C(=O)Nn1c(O)c(/C=C2\C=Nc3ccccc32)sc1=S. The largest absolute Gasteiger partial charge is 0.492 e. The highest BCUT2D eigenvalue weighted by Gasteiger charge is 2.17. The number of hydrogen-bond donors (Lipinski definition) is 2. The van der Waals surface area contributed by atoms with E-state index in [-0.39, 0.29) is 11.8 Å². The van der Waals surface area contributed by atoms with Crippen LogP contribution in [0.15, 0.2) is 53.5 Å². The maximum atomic E-state index is 12.5. The Kier molecular flexibility index (Phi) is 4.47. The lowest BCUT2D eigenvalue weighted by atomic mass is 10.1. The number of aryl methyl sites for hydroxylation is 1. The molecule has 7 heteroatoms. The zero-order valence-electron chi connectivity index (χ0n) is 14.3. The minimum Gasteiger partial charge on any atom is -0.492 e. The van der Waals surface area contributed by atoms with Gasteiger partial charge in [-0.05, 0) is 42.9 Å². The average molecular weight is 393 g/mol. The molecule has 1 amide bonds. The van der Waals surface area contributed by atoms with Crippen molar-refractivity contribution in [2.24, 2.45) is 4.99 Å². The van der Waals surface area contributed by atoms with E-state index in [4.69, 9.17) is 12.2 Å². The van der Waals surface area contributed by atoms with E-state index in [9.17, 15) is 9.90 Å². The molecule has 0 saturated heterocycles. The first-order valence-corrected chi connectivity index (χ1v) is 9.44. The van der Waals surface area contributed by atoms with Gasteiger partial charge < -0.3 is 5.11 Å². The third kappa shape index (κ3) is 3.22. The number of allylic oxidation sites excluding steroid dienone is 1. The standard InChI is InChI=1S/C20H15N3O2S2/c1-12-6-2-3-7-14(12)18(24)22-23-19(25)17(27-20(23)26)10-13-11-21-16-9-5-4-8-15(13)16/h2-11,25H,1H3,(H,22,24)/b13-10+. The van der Waals surface area contributed by atoms with Crippen LogP contribution in [0.4, 0.5) is 5.69 Å². The van der Waals surface area contributed by atoms with Gasteiger partial charge in [-0.1, -0.05) is 47.7 Å². The van der Waals surface area contributed by atoms with E-state index < -0.39 is 0 Å². The Bertz CT molecular complexity index is 1170. The zero-order chi connectivity index (χ0) is 19.0. The lowest BCUT2D eigenvalue weighted by Gasteiger charge is -2.09. The fourth-order valence-corrected chi connectivity index (χ4v) is 4.04. The Morgan fingerprint density at radius 3 is 2.78 bits per heavy atom. The third-order valence-electron chi connectivity index (χ3n) is 4.26. The molecule has 0 aliphatic carbocycles. The van der Waals surface area contributed by atoms with E-state index in [0.717, 1.165) is 22.4 Å². The second-order valence-corrected chi connectivity index (χ2v) is 7.70. The number of aromatic nitrogens is 1. The number of carbonyl (C=O) groups excluding carboxylic acids is 1. The fourth-order valence-electron chi connectivity index (χ4n) is 2.86. The van der Waals surface area contributed by atoms with Gasteiger partial charge in [0.1, 0.15) is 0 Å². The number of rotatable bonds is 3. The summed E-state index contributed by atoms with van der Waals surface area (Å²) in [4.78, 5) is 17.5. The van der Waals surface area contributed by atoms with Crippen LogP contribution >= 0.6 is 23.6 Å². The first-order valence-electron chi connectivity index (χ1n) is 8.21. The molecular weight excluding hydrogens is 378 g/mol. The molecule has 2 N–H and O–H groups in total. The Morgan fingerprint density at radius 2 is 1.96 bits per heavy atom. The van der Waals surface area contributed by atoms with E-state index in [0.29, 0.717) is 14.4 Å². The van der Waals surface area contributed by atoms with Gasteiger partial charge in [-0.2, -0.15) is 4.68 Å². The molecule has 1 aliphatic rings. The summed E-state index contributed by atoms with van der Waals surface area (Å²) in [7, 11) is 0. The molecule has 5 nitrogen and oxygen atoms in total. The van der Waals surface area contributed by atoms with E-state index in [2.05, 4.69) is 10.4 Å². The molecule has 1 aromatic heterocycles. The van der Waals surface area contributed by atoms with Crippen molar-refractivity contribution in [3.05, 3.63) is 74.1 Å². The van der Waals surface area contributed by atoms with Crippen LogP contribution in [0.25, 0.3) is 11.6 Å². The predicted molar refractivity (Wildman–Crippen MR) is 112 cm³/mol. The number of thiazole rings is 1. The van der Waals surface area contributed by atoms with Gasteiger partial charge in [-0.3, -0.25) is 15.2 Å². The van der Waals surface area contributed by atoms with Crippen LogP contribution in [-0.2, 0) is 0 Å². The Hall–Kier alpha value is -3.03. The smallest absolute Gasteiger partial charge is 0.270 e. The van der Waals surface area contributed by atoms with Crippen LogP contribution in [0.5, 0.6) is 5.88 Å². The molecule has 0 saturated carbocycles. The number of hydrogen-bond acceptors (Lipinski definition) is 5. The zero-order valence-corrected chi connectivity index (χ0v) is 16.0. The van der Waals surface area contributed by atoms with Crippen molar-refractivity contribution in [1.82, 2.24) is 4.68 Å². The molecule has 0 radical (unpaired) electrons. The summed E-state index contributed by atoms with van der Waals surface area (Å²) in [5.74, 6) is -0.429. The van der Waals surface area contributed by atoms with Crippen LogP contribution in [-0.4, -0.2) is 21.9 Å². The highest BCUT2D eigenvalue weighted by molar-refractivity contribution is 7.73. The maximum absolute atomic E-state index is 12.5. The number of amides is 1. The summed E-state index contributed by atoms with van der Waals surface area (Å²) in [6, 6.07) is 15.0. The number of para-hydroxylation sites is 1. The molecule has 2 heterocycles. The van der Waals surface area contributed by atoms with Crippen molar-refractivity contribution < 1.29 is 9.90 Å². The third-order valence-corrected chi connectivity index (χ3v) is 5.57. The molecule has 2 aromatic carbocycles. The summed E-state index contributed by atoms with van der Waals surface area (Å²) in [5, 5.41) is 10.6. The lowest BCUT2D eigenvalue weighted by molar-refractivity contribution is 0.100. The number of aliphatic imine (C=N–C) groups is 1. The molecule has 0 fully saturated rings. The van der Waals surface area contributed by atoms with Gasteiger partial charge in [0.15, 0.2) is 3.95 Å². The Balaban J connectivity index is 1.67. The first kappa shape index (κ1) is 17.4. The van der Waals surface area contributed by atoms with Gasteiger partial charge >= 0.3 is 0 Å². The lowest BCUT2D eigenvalue weighted by Crippen LogP contribution is -2.23. The molecule has 0 unspecified atom stereocenters. The number of benzene rings is 2. The number of carbonyl (C=O) groups is 1. The minimum atomic E-state index is -0.329. The molecule has 0 spiro atoms. The van der Waals surface area contributed by atoms with Crippen molar-refractivity contribution in [3.8, 4) is 5.88 Å². The van der Waals surface area contributed by atoms with Crippen molar-refractivity contribution in [3.63, 3.8) is 0 Å².